The van der Waals surface area contributed by atoms with Gasteiger partial charge in [0.2, 0.25) is 5.91 Å². The zero-order chi connectivity index (χ0) is 12.8. The van der Waals surface area contributed by atoms with Gasteiger partial charge in [-0.3, -0.25) is 4.79 Å². The van der Waals surface area contributed by atoms with Crippen molar-refractivity contribution < 1.29 is 9.53 Å². The second kappa shape index (κ2) is 6.97. The lowest BCUT2D eigenvalue weighted by atomic mass is 9.95. The van der Waals surface area contributed by atoms with Crippen LogP contribution < -0.4 is 10.6 Å². The molecule has 100 valence electrons. The fraction of sp³-hybridized carbons (Fsp3) is 0.923. The van der Waals surface area contributed by atoms with E-state index in [0.29, 0.717) is 12.1 Å². The SMILES string of the molecule is CCC1NC(C)CCC1OCC(=O)NC(C)C. The molecule has 1 amide bonds. The summed E-state index contributed by atoms with van der Waals surface area (Å²) in [5.74, 6) is -0.0199. The van der Waals surface area contributed by atoms with Gasteiger partial charge in [0.25, 0.3) is 0 Å². The topological polar surface area (TPSA) is 50.4 Å². The number of ether oxygens (including phenoxy) is 1. The average Bonchev–Trinajstić information content (AvgIpc) is 2.26. The minimum absolute atomic E-state index is 0.0199. The quantitative estimate of drug-likeness (QED) is 0.767. The van der Waals surface area contributed by atoms with E-state index >= 15 is 0 Å². The highest BCUT2D eigenvalue weighted by molar-refractivity contribution is 5.77. The number of nitrogens with one attached hydrogen (secondary N) is 2. The second-order valence-electron chi connectivity index (χ2n) is 5.23. The van der Waals surface area contributed by atoms with Crippen LogP contribution in [0, 0.1) is 0 Å². The normalized spacial score (nSPS) is 29.4. The Bertz CT molecular complexity index is 244. The first kappa shape index (κ1) is 14.5. The smallest absolute Gasteiger partial charge is 0.246 e. The summed E-state index contributed by atoms with van der Waals surface area (Å²) in [5, 5.41) is 6.36. The number of hydrogen-bond donors (Lipinski definition) is 2. The van der Waals surface area contributed by atoms with Gasteiger partial charge in [-0.1, -0.05) is 6.92 Å². The summed E-state index contributed by atoms with van der Waals surface area (Å²) in [4.78, 5) is 11.5. The number of rotatable bonds is 5. The highest BCUT2D eigenvalue weighted by Gasteiger charge is 2.27. The summed E-state index contributed by atoms with van der Waals surface area (Å²) in [5.41, 5.74) is 0. The molecule has 1 fully saturated rings. The Morgan fingerprint density at radius 2 is 2.18 bits per heavy atom. The van der Waals surface area contributed by atoms with Gasteiger partial charge in [-0.2, -0.15) is 0 Å². The maximum absolute atomic E-state index is 11.5. The van der Waals surface area contributed by atoms with Crippen LogP contribution in [0.4, 0.5) is 0 Å². The minimum Gasteiger partial charge on any atom is -0.367 e. The molecule has 17 heavy (non-hydrogen) atoms. The van der Waals surface area contributed by atoms with E-state index in [-0.39, 0.29) is 24.7 Å². The second-order valence-corrected chi connectivity index (χ2v) is 5.23. The third kappa shape index (κ3) is 5.04. The Labute approximate surface area is 104 Å². The summed E-state index contributed by atoms with van der Waals surface area (Å²) in [7, 11) is 0. The van der Waals surface area contributed by atoms with Crippen LogP contribution in [0.1, 0.15) is 47.0 Å². The van der Waals surface area contributed by atoms with Gasteiger partial charge < -0.3 is 15.4 Å². The van der Waals surface area contributed by atoms with E-state index in [1.165, 1.54) is 0 Å². The standard InChI is InChI=1S/C13H26N2O2/c1-5-11-12(7-6-10(4)15-11)17-8-13(16)14-9(2)3/h9-12,15H,5-8H2,1-4H3,(H,14,16). The molecule has 0 aliphatic carbocycles. The molecule has 1 rings (SSSR count). The van der Waals surface area contributed by atoms with Crippen LogP contribution >= 0.6 is 0 Å². The molecule has 1 aliphatic rings. The van der Waals surface area contributed by atoms with E-state index in [9.17, 15) is 4.79 Å². The third-order valence-electron chi connectivity index (χ3n) is 3.15. The molecule has 0 bridgehead atoms. The average molecular weight is 242 g/mol. The molecule has 0 aromatic rings. The van der Waals surface area contributed by atoms with Crippen molar-refractivity contribution in [1.29, 1.82) is 0 Å². The number of hydrogen-bond acceptors (Lipinski definition) is 3. The molecule has 4 nitrogen and oxygen atoms in total. The Hall–Kier alpha value is -0.610. The van der Waals surface area contributed by atoms with Crippen LogP contribution in [0.25, 0.3) is 0 Å². The van der Waals surface area contributed by atoms with Gasteiger partial charge in [0.05, 0.1) is 6.10 Å². The summed E-state index contributed by atoms with van der Waals surface area (Å²) in [6.07, 6.45) is 3.38. The Morgan fingerprint density at radius 3 is 2.76 bits per heavy atom. The summed E-state index contributed by atoms with van der Waals surface area (Å²) < 4.78 is 5.72. The van der Waals surface area contributed by atoms with Crippen LogP contribution in [-0.2, 0) is 9.53 Å². The monoisotopic (exact) mass is 242 g/mol. The van der Waals surface area contributed by atoms with Gasteiger partial charge in [-0.15, -0.1) is 0 Å². The maximum atomic E-state index is 11.5. The van der Waals surface area contributed by atoms with E-state index < -0.39 is 0 Å². The molecule has 1 heterocycles. The van der Waals surface area contributed by atoms with Crippen LogP contribution in [0.15, 0.2) is 0 Å². The van der Waals surface area contributed by atoms with Crippen molar-refractivity contribution >= 4 is 5.91 Å². The van der Waals surface area contributed by atoms with Crippen LogP contribution in [0.2, 0.25) is 0 Å². The molecule has 0 aromatic heterocycles. The largest absolute Gasteiger partial charge is 0.367 e. The van der Waals surface area contributed by atoms with Crippen molar-refractivity contribution in [3.63, 3.8) is 0 Å². The van der Waals surface area contributed by atoms with Gasteiger partial charge >= 0.3 is 0 Å². The summed E-state index contributed by atoms with van der Waals surface area (Å²) in [6.45, 7) is 8.44. The van der Waals surface area contributed by atoms with Crippen molar-refractivity contribution in [3.05, 3.63) is 0 Å². The van der Waals surface area contributed by atoms with Crippen LogP contribution in [-0.4, -0.2) is 36.7 Å². The number of carbonyl (C=O) groups is 1. The van der Waals surface area contributed by atoms with E-state index in [1.54, 1.807) is 0 Å². The summed E-state index contributed by atoms with van der Waals surface area (Å²) in [6, 6.07) is 1.12. The zero-order valence-corrected chi connectivity index (χ0v) is 11.5. The van der Waals surface area contributed by atoms with Crippen molar-refractivity contribution in [3.8, 4) is 0 Å². The lowest BCUT2D eigenvalue weighted by molar-refractivity contribution is -0.129. The number of carbonyl (C=O) groups excluding carboxylic acids is 1. The molecular weight excluding hydrogens is 216 g/mol. The molecule has 3 atom stereocenters. The van der Waals surface area contributed by atoms with Crippen molar-refractivity contribution in [2.24, 2.45) is 0 Å². The molecule has 0 radical (unpaired) electrons. The molecular formula is C13H26N2O2. The lowest BCUT2D eigenvalue weighted by Gasteiger charge is -2.35. The Kier molecular flexibility index (Phi) is 5.92. The number of amides is 1. The highest BCUT2D eigenvalue weighted by atomic mass is 16.5. The van der Waals surface area contributed by atoms with Crippen molar-refractivity contribution in [2.45, 2.75) is 71.2 Å². The van der Waals surface area contributed by atoms with Gasteiger partial charge in [0.1, 0.15) is 6.61 Å². The molecule has 0 aromatic carbocycles. The van der Waals surface area contributed by atoms with E-state index in [2.05, 4.69) is 24.5 Å². The van der Waals surface area contributed by atoms with Gasteiger partial charge in [-0.25, -0.2) is 0 Å². The fourth-order valence-corrected chi connectivity index (χ4v) is 2.30. The predicted molar refractivity (Wildman–Crippen MR) is 68.9 cm³/mol. The maximum Gasteiger partial charge on any atom is 0.246 e. The highest BCUT2D eigenvalue weighted by Crippen LogP contribution is 2.18. The Balaban J connectivity index is 2.32. The van der Waals surface area contributed by atoms with Crippen molar-refractivity contribution in [2.75, 3.05) is 6.61 Å². The van der Waals surface area contributed by atoms with E-state index in [4.69, 9.17) is 4.74 Å². The van der Waals surface area contributed by atoms with Gasteiger partial charge in [0, 0.05) is 18.1 Å². The first-order chi connectivity index (χ1) is 8.02. The van der Waals surface area contributed by atoms with Gasteiger partial charge in [-0.05, 0) is 40.0 Å². The van der Waals surface area contributed by atoms with Crippen LogP contribution in [0.5, 0.6) is 0 Å². The molecule has 4 heteroatoms. The fourth-order valence-electron chi connectivity index (χ4n) is 2.30. The first-order valence-electron chi connectivity index (χ1n) is 6.70. The van der Waals surface area contributed by atoms with E-state index in [0.717, 1.165) is 19.3 Å². The first-order valence-corrected chi connectivity index (χ1v) is 6.70. The molecule has 1 saturated heterocycles. The minimum atomic E-state index is -0.0199. The third-order valence-corrected chi connectivity index (χ3v) is 3.15. The molecule has 1 aliphatic heterocycles. The Morgan fingerprint density at radius 1 is 1.47 bits per heavy atom. The summed E-state index contributed by atoms with van der Waals surface area (Å²) >= 11 is 0. The zero-order valence-electron chi connectivity index (χ0n) is 11.5. The predicted octanol–water partition coefficient (Wildman–Crippen LogP) is 1.45. The van der Waals surface area contributed by atoms with Crippen molar-refractivity contribution in [1.82, 2.24) is 10.6 Å². The number of piperidine rings is 1. The lowest BCUT2D eigenvalue weighted by Crippen LogP contribution is -2.50. The molecule has 0 saturated carbocycles. The van der Waals surface area contributed by atoms with Gasteiger partial charge in [0.15, 0.2) is 0 Å². The van der Waals surface area contributed by atoms with E-state index in [1.807, 2.05) is 13.8 Å². The molecule has 3 unspecified atom stereocenters. The molecule has 2 N–H and O–H groups in total. The molecule has 0 spiro atoms. The van der Waals surface area contributed by atoms with Crippen LogP contribution in [0.3, 0.4) is 0 Å².